The highest BCUT2D eigenvalue weighted by atomic mass is 32.2. The van der Waals surface area contributed by atoms with E-state index in [2.05, 4.69) is 10.6 Å². The maximum atomic E-state index is 12.3. The average Bonchev–Trinajstić information content (AvgIpc) is 3.54. The van der Waals surface area contributed by atoms with Crippen molar-refractivity contribution in [2.24, 2.45) is 5.92 Å². The highest BCUT2D eigenvalue weighted by Crippen LogP contribution is 2.33. The molecule has 2 fully saturated rings. The average molecular weight is 410 g/mol. The molecule has 1 heterocycles. The number of carbonyl (C=O) groups is 2. The Bertz CT molecular complexity index is 815. The Morgan fingerprint density at radius 3 is 2.43 bits per heavy atom. The molecule has 3 rings (SSSR count). The van der Waals surface area contributed by atoms with Gasteiger partial charge >= 0.3 is 11.8 Å². The lowest BCUT2D eigenvalue weighted by molar-refractivity contribution is -0.136. The second kappa shape index (κ2) is 8.91. The van der Waals surface area contributed by atoms with Gasteiger partial charge in [0.25, 0.3) is 0 Å². The van der Waals surface area contributed by atoms with Crippen molar-refractivity contribution in [2.45, 2.75) is 37.9 Å². The summed E-state index contributed by atoms with van der Waals surface area (Å²) in [6, 6.07) is 6.93. The van der Waals surface area contributed by atoms with Gasteiger partial charge in [0.1, 0.15) is 5.75 Å². The SMILES string of the molecule is CCOc1ccccc1NC(=O)C(=O)NCC1CCN(S(=O)(=O)C2CC2)CC1. The molecule has 0 radical (unpaired) electrons. The van der Waals surface area contributed by atoms with Crippen LogP contribution < -0.4 is 15.4 Å². The van der Waals surface area contributed by atoms with Gasteiger partial charge in [-0.25, -0.2) is 12.7 Å². The maximum Gasteiger partial charge on any atom is 0.313 e. The fourth-order valence-electron chi connectivity index (χ4n) is 3.29. The lowest BCUT2D eigenvalue weighted by Gasteiger charge is -2.31. The Morgan fingerprint density at radius 1 is 1.11 bits per heavy atom. The molecule has 2 aliphatic rings. The van der Waals surface area contributed by atoms with Crippen LogP contribution in [0.25, 0.3) is 0 Å². The van der Waals surface area contributed by atoms with E-state index in [9.17, 15) is 18.0 Å². The first-order valence-electron chi connectivity index (χ1n) is 9.71. The molecule has 8 nitrogen and oxygen atoms in total. The summed E-state index contributed by atoms with van der Waals surface area (Å²) in [5.41, 5.74) is 0.447. The number of nitrogens with zero attached hydrogens (tertiary/aromatic N) is 1. The van der Waals surface area contributed by atoms with Crippen molar-refractivity contribution in [1.29, 1.82) is 0 Å². The number of rotatable bonds is 7. The highest BCUT2D eigenvalue weighted by Gasteiger charge is 2.41. The van der Waals surface area contributed by atoms with Crippen molar-refractivity contribution < 1.29 is 22.7 Å². The van der Waals surface area contributed by atoms with Gasteiger partial charge in [0.05, 0.1) is 17.5 Å². The Kier molecular flexibility index (Phi) is 6.56. The highest BCUT2D eigenvalue weighted by molar-refractivity contribution is 7.90. The Morgan fingerprint density at radius 2 is 1.79 bits per heavy atom. The zero-order chi connectivity index (χ0) is 20.1. The number of piperidine rings is 1. The molecule has 0 aromatic heterocycles. The van der Waals surface area contributed by atoms with E-state index in [-0.39, 0.29) is 11.2 Å². The molecule has 1 aromatic carbocycles. The molecule has 1 saturated carbocycles. The molecule has 0 atom stereocenters. The number of para-hydroxylation sites is 2. The first-order chi connectivity index (χ1) is 13.4. The van der Waals surface area contributed by atoms with E-state index in [1.54, 1.807) is 28.6 Å². The van der Waals surface area contributed by atoms with E-state index in [0.29, 0.717) is 50.5 Å². The normalized spacial score (nSPS) is 18.5. The van der Waals surface area contributed by atoms with Crippen LogP contribution in [0.4, 0.5) is 5.69 Å². The van der Waals surface area contributed by atoms with Gasteiger partial charge in [-0.05, 0) is 50.7 Å². The second-order valence-electron chi connectivity index (χ2n) is 7.18. The molecule has 0 spiro atoms. The topological polar surface area (TPSA) is 105 Å². The summed E-state index contributed by atoms with van der Waals surface area (Å²) >= 11 is 0. The van der Waals surface area contributed by atoms with Gasteiger partial charge in [-0.3, -0.25) is 9.59 Å². The van der Waals surface area contributed by atoms with Gasteiger partial charge in [-0.2, -0.15) is 0 Å². The standard InChI is InChI=1S/C19H27N3O5S/c1-2-27-17-6-4-3-5-16(17)21-19(24)18(23)20-13-14-9-11-22(12-10-14)28(25,26)15-7-8-15/h3-6,14-15H,2,7-13H2,1H3,(H,20,23)(H,21,24). The van der Waals surface area contributed by atoms with Crippen LogP contribution in [0.1, 0.15) is 32.6 Å². The summed E-state index contributed by atoms with van der Waals surface area (Å²) in [7, 11) is -3.13. The van der Waals surface area contributed by atoms with Gasteiger partial charge in [-0.15, -0.1) is 0 Å². The first kappa shape index (κ1) is 20.6. The van der Waals surface area contributed by atoms with E-state index < -0.39 is 21.8 Å². The van der Waals surface area contributed by atoms with Crippen LogP contribution in [-0.2, 0) is 19.6 Å². The molecule has 2 amide bonds. The number of amides is 2. The number of sulfonamides is 1. The van der Waals surface area contributed by atoms with E-state index in [4.69, 9.17) is 4.74 Å². The van der Waals surface area contributed by atoms with E-state index in [0.717, 1.165) is 12.8 Å². The zero-order valence-electron chi connectivity index (χ0n) is 16.0. The summed E-state index contributed by atoms with van der Waals surface area (Å²) in [4.78, 5) is 24.3. The third kappa shape index (κ3) is 5.02. The van der Waals surface area contributed by atoms with Crippen LogP contribution in [0.2, 0.25) is 0 Å². The fourth-order valence-corrected chi connectivity index (χ4v) is 5.17. The number of ether oxygens (including phenoxy) is 1. The summed E-state index contributed by atoms with van der Waals surface area (Å²) in [5.74, 6) is -0.784. The molecule has 1 aliphatic heterocycles. The number of benzene rings is 1. The van der Waals surface area contributed by atoms with Gasteiger partial charge < -0.3 is 15.4 Å². The van der Waals surface area contributed by atoms with E-state index in [1.807, 2.05) is 6.92 Å². The van der Waals surface area contributed by atoms with Crippen molar-refractivity contribution in [2.75, 3.05) is 31.6 Å². The van der Waals surface area contributed by atoms with Crippen LogP contribution in [0.15, 0.2) is 24.3 Å². The number of hydrogen-bond acceptors (Lipinski definition) is 5. The summed E-state index contributed by atoms with van der Waals surface area (Å²) in [5, 5.41) is 5.03. The van der Waals surface area contributed by atoms with Crippen molar-refractivity contribution in [1.82, 2.24) is 9.62 Å². The van der Waals surface area contributed by atoms with Crippen LogP contribution in [0.3, 0.4) is 0 Å². The minimum atomic E-state index is -3.13. The quantitative estimate of drug-likeness (QED) is 0.662. The minimum absolute atomic E-state index is 0.165. The summed E-state index contributed by atoms with van der Waals surface area (Å²) in [6.07, 6.45) is 2.89. The van der Waals surface area contributed by atoms with Crippen molar-refractivity contribution in [3.05, 3.63) is 24.3 Å². The molecule has 2 N–H and O–H groups in total. The van der Waals surface area contributed by atoms with Gasteiger partial charge in [-0.1, -0.05) is 12.1 Å². The molecule has 28 heavy (non-hydrogen) atoms. The first-order valence-corrected chi connectivity index (χ1v) is 11.2. The molecule has 0 bridgehead atoms. The van der Waals surface area contributed by atoms with Crippen LogP contribution in [0.5, 0.6) is 5.75 Å². The van der Waals surface area contributed by atoms with Crippen molar-refractivity contribution in [3.8, 4) is 5.75 Å². The zero-order valence-corrected chi connectivity index (χ0v) is 16.8. The fraction of sp³-hybridized carbons (Fsp3) is 0.579. The predicted octanol–water partition coefficient (Wildman–Crippen LogP) is 1.34. The smallest absolute Gasteiger partial charge is 0.313 e. The summed E-state index contributed by atoms with van der Waals surface area (Å²) < 4.78 is 31.5. The molecule has 1 saturated heterocycles. The number of nitrogens with one attached hydrogen (secondary N) is 2. The number of anilines is 1. The molecular formula is C19H27N3O5S. The Labute approximate surface area is 165 Å². The van der Waals surface area contributed by atoms with E-state index in [1.165, 1.54) is 0 Å². The Balaban J connectivity index is 1.44. The third-order valence-corrected chi connectivity index (χ3v) is 7.47. The van der Waals surface area contributed by atoms with Crippen LogP contribution in [0, 0.1) is 5.92 Å². The summed E-state index contributed by atoms with van der Waals surface area (Å²) in [6.45, 7) is 3.61. The third-order valence-electron chi connectivity index (χ3n) is 5.07. The second-order valence-corrected chi connectivity index (χ2v) is 9.39. The van der Waals surface area contributed by atoms with Gasteiger partial charge in [0.15, 0.2) is 0 Å². The molecule has 9 heteroatoms. The molecular weight excluding hydrogens is 382 g/mol. The maximum absolute atomic E-state index is 12.3. The molecule has 1 aliphatic carbocycles. The van der Waals surface area contributed by atoms with Gasteiger partial charge in [0, 0.05) is 19.6 Å². The van der Waals surface area contributed by atoms with Crippen LogP contribution in [-0.4, -0.2) is 56.0 Å². The van der Waals surface area contributed by atoms with E-state index >= 15 is 0 Å². The molecule has 1 aromatic rings. The molecule has 0 unspecified atom stereocenters. The molecule has 154 valence electrons. The Hall–Kier alpha value is -2.13. The number of hydrogen-bond donors (Lipinski definition) is 2. The minimum Gasteiger partial charge on any atom is -0.492 e. The lowest BCUT2D eigenvalue weighted by atomic mass is 9.98. The number of carbonyl (C=O) groups excluding carboxylic acids is 2. The lowest BCUT2D eigenvalue weighted by Crippen LogP contribution is -2.44. The van der Waals surface area contributed by atoms with Gasteiger partial charge in [0.2, 0.25) is 10.0 Å². The predicted molar refractivity (Wildman–Crippen MR) is 105 cm³/mol. The van der Waals surface area contributed by atoms with Crippen molar-refractivity contribution in [3.63, 3.8) is 0 Å². The van der Waals surface area contributed by atoms with Crippen molar-refractivity contribution >= 4 is 27.5 Å². The monoisotopic (exact) mass is 409 g/mol. The van der Waals surface area contributed by atoms with Crippen LogP contribution >= 0.6 is 0 Å². The largest absolute Gasteiger partial charge is 0.492 e.